The fraction of sp³-hybridized carbons (Fsp3) is 0.350. The van der Waals surface area contributed by atoms with Crippen LogP contribution >= 0.6 is 0 Å². The summed E-state index contributed by atoms with van der Waals surface area (Å²) >= 11 is 0. The Morgan fingerprint density at radius 3 is 2.26 bits per heavy atom. The lowest BCUT2D eigenvalue weighted by Crippen LogP contribution is -2.24. The Balaban J connectivity index is 1.81. The maximum absolute atomic E-state index is 12.1. The summed E-state index contributed by atoms with van der Waals surface area (Å²) in [6, 6.07) is 11.0. The third-order valence-electron chi connectivity index (χ3n) is 4.01. The lowest BCUT2D eigenvalue weighted by atomic mass is 10.2. The van der Waals surface area contributed by atoms with Crippen molar-refractivity contribution in [3.8, 4) is 23.0 Å². The summed E-state index contributed by atoms with van der Waals surface area (Å²) in [6.45, 7) is 0.908. The Hall–Kier alpha value is -3.09. The number of nitrogens with one attached hydrogen (secondary N) is 2. The average molecular weight is 374 g/mol. The number of hydrogen-bond acceptors (Lipinski definition) is 6. The number of carbonyl (C=O) groups is 1. The van der Waals surface area contributed by atoms with Gasteiger partial charge in [0.05, 0.1) is 34.1 Å². The molecule has 27 heavy (non-hydrogen) atoms. The van der Waals surface area contributed by atoms with Crippen LogP contribution in [0.4, 0.5) is 5.69 Å². The van der Waals surface area contributed by atoms with Gasteiger partial charge in [-0.25, -0.2) is 0 Å². The highest BCUT2D eigenvalue weighted by atomic mass is 16.5. The van der Waals surface area contributed by atoms with Crippen LogP contribution < -0.4 is 29.6 Å². The van der Waals surface area contributed by atoms with Gasteiger partial charge in [-0.2, -0.15) is 0 Å². The van der Waals surface area contributed by atoms with Crippen LogP contribution in [0, 0.1) is 0 Å². The molecule has 0 unspecified atom stereocenters. The van der Waals surface area contributed by atoms with Crippen LogP contribution in [0.15, 0.2) is 36.4 Å². The molecule has 0 spiro atoms. The summed E-state index contributed by atoms with van der Waals surface area (Å²) in [5.41, 5.74) is 1.75. The number of amides is 1. The summed E-state index contributed by atoms with van der Waals surface area (Å²) < 4.78 is 21.0. The molecule has 2 N–H and O–H groups in total. The molecule has 2 aromatic carbocycles. The van der Waals surface area contributed by atoms with Gasteiger partial charge in [-0.05, 0) is 29.8 Å². The van der Waals surface area contributed by atoms with Gasteiger partial charge in [0.2, 0.25) is 5.91 Å². The summed E-state index contributed by atoms with van der Waals surface area (Å²) in [7, 11) is 6.36. The number of carbonyl (C=O) groups excluding carboxylic acids is 1. The van der Waals surface area contributed by atoms with Crippen LogP contribution in [-0.2, 0) is 11.3 Å². The normalized spacial score (nSPS) is 10.1. The molecule has 0 aliphatic rings. The minimum Gasteiger partial charge on any atom is -0.497 e. The monoisotopic (exact) mass is 374 g/mol. The van der Waals surface area contributed by atoms with Gasteiger partial charge < -0.3 is 29.6 Å². The minimum absolute atomic E-state index is 0.0511. The molecule has 0 aliphatic carbocycles. The molecule has 7 nitrogen and oxygen atoms in total. The van der Waals surface area contributed by atoms with Crippen LogP contribution in [0.25, 0.3) is 0 Å². The number of rotatable bonds is 10. The van der Waals surface area contributed by atoms with Crippen molar-refractivity contribution >= 4 is 11.6 Å². The van der Waals surface area contributed by atoms with E-state index in [2.05, 4.69) is 10.6 Å². The van der Waals surface area contributed by atoms with Crippen molar-refractivity contribution in [2.45, 2.75) is 13.0 Å². The Morgan fingerprint density at radius 2 is 1.59 bits per heavy atom. The van der Waals surface area contributed by atoms with Gasteiger partial charge in [0.15, 0.2) is 11.5 Å². The van der Waals surface area contributed by atoms with E-state index in [9.17, 15) is 4.79 Å². The van der Waals surface area contributed by atoms with E-state index in [1.54, 1.807) is 34.5 Å². The maximum Gasteiger partial charge on any atom is 0.222 e. The van der Waals surface area contributed by atoms with Crippen LogP contribution in [0.2, 0.25) is 0 Å². The van der Waals surface area contributed by atoms with E-state index in [0.717, 1.165) is 11.3 Å². The molecule has 146 valence electrons. The van der Waals surface area contributed by atoms with Crippen LogP contribution in [-0.4, -0.2) is 40.9 Å². The minimum atomic E-state index is -0.0511. The van der Waals surface area contributed by atoms with Gasteiger partial charge in [-0.15, -0.1) is 0 Å². The molecule has 0 atom stereocenters. The molecule has 0 radical (unpaired) electrons. The molecule has 2 aromatic rings. The number of ether oxygens (including phenoxy) is 4. The first-order chi connectivity index (χ1) is 13.1. The van der Waals surface area contributed by atoms with E-state index in [-0.39, 0.29) is 5.91 Å². The average Bonchev–Trinajstić information content (AvgIpc) is 2.72. The van der Waals surface area contributed by atoms with Crippen molar-refractivity contribution in [1.29, 1.82) is 0 Å². The predicted octanol–water partition coefficient (Wildman–Crippen LogP) is 2.84. The molecule has 0 aromatic heterocycles. The summed E-state index contributed by atoms with van der Waals surface area (Å²) in [5, 5.41) is 6.09. The second-order valence-corrected chi connectivity index (χ2v) is 5.71. The lowest BCUT2D eigenvalue weighted by Gasteiger charge is -2.13. The van der Waals surface area contributed by atoms with E-state index in [4.69, 9.17) is 18.9 Å². The summed E-state index contributed by atoms with van der Waals surface area (Å²) in [6.07, 6.45) is 0.336. The van der Waals surface area contributed by atoms with E-state index in [0.29, 0.717) is 42.5 Å². The first-order valence-corrected chi connectivity index (χ1v) is 8.54. The third-order valence-corrected chi connectivity index (χ3v) is 4.01. The van der Waals surface area contributed by atoms with Gasteiger partial charge >= 0.3 is 0 Å². The third kappa shape index (κ3) is 5.70. The van der Waals surface area contributed by atoms with Gasteiger partial charge in [-0.1, -0.05) is 6.07 Å². The molecule has 0 bridgehead atoms. The SMILES string of the molecule is COc1ccc(NCCC(=O)NCc2ccc(OC)c(OC)c2)c(OC)c1. The molecule has 0 aliphatic heterocycles. The van der Waals surface area contributed by atoms with E-state index in [1.165, 1.54) is 0 Å². The predicted molar refractivity (Wildman–Crippen MR) is 104 cm³/mol. The largest absolute Gasteiger partial charge is 0.497 e. The highest BCUT2D eigenvalue weighted by Crippen LogP contribution is 2.29. The highest BCUT2D eigenvalue weighted by Gasteiger charge is 2.08. The van der Waals surface area contributed by atoms with Gasteiger partial charge in [0.1, 0.15) is 11.5 Å². The molecular formula is C20H26N2O5. The smallest absolute Gasteiger partial charge is 0.222 e. The standard InChI is InChI=1S/C20H26N2O5/c1-24-15-6-7-16(18(12-15)26-3)21-10-9-20(23)22-13-14-5-8-17(25-2)19(11-14)27-4/h5-8,11-12,21H,9-10,13H2,1-4H3,(H,22,23). The fourth-order valence-electron chi connectivity index (χ4n) is 2.53. The Labute approximate surface area is 159 Å². The second-order valence-electron chi connectivity index (χ2n) is 5.71. The zero-order valence-electron chi connectivity index (χ0n) is 16.1. The first-order valence-electron chi connectivity index (χ1n) is 8.54. The van der Waals surface area contributed by atoms with Crippen molar-refractivity contribution in [2.75, 3.05) is 40.3 Å². The number of benzene rings is 2. The Bertz CT molecular complexity index is 764. The molecule has 1 amide bonds. The number of hydrogen-bond donors (Lipinski definition) is 2. The number of methoxy groups -OCH3 is 4. The fourth-order valence-corrected chi connectivity index (χ4v) is 2.53. The lowest BCUT2D eigenvalue weighted by molar-refractivity contribution is -0.121. The topological polar surface area (TPSA) is 78.1 Å². The van der Waals surface area contributed by atoms with Crippen molar-refractivity contribution in [3.05, 3.63) is 42.0 Å². The van der Waals surface area contributed by atoms with Crippen molar-refractivity contribution in [3.63, 3.8) is 0 Å². The van der Waals surface area contributed by atoms with Gasteiger partial charge in [0.25, 0.3) is 0 Å². The van der Waals surface area contributed by atoms with Gasteiger partial charge in [-0.3, -0.25) is 4.79 Å². The van der Waals surface area contributed by atoms with Crippen LogP contribution in [0.3, 0.4) is 0 Å². The molecule has 0 fully saturated rings. The van der Waals surface area contributed by atoms with Gasteiger partial charge in [0, 0.05) is 25.6 Å². The highest BCUT2D eigenvalue weighted by molar-refractivity contribution is 5.76. The maximum atomic E-state index is 12.1. The summed E-state index contributed by atoms with van der Waals surface area (Å²) in [4.78, 5) is 12.1. The van der Waals surface area contributed by atoms with Crippen molar-refractivity contribution < 1.29 is 23.7 Å². The number of anilines is 1. The zero-order valence-corrected chi connectivity index (χ0v) is 16.1. The second kappa shape index (κ2) is 10.2. The first kappa shape index (κ1) is 20.2. The molecule has 0 saturated carbocycles. The Kier molecular flexibility index (Phi) is 7.61. The molecule has 7 heteroatoms. The van der Waals surface area contributed by atoms with Crippen molar-refractivity contribution in [2.24, 2.45) is 0 Å². The zero-order chi connectivity index (χ0) is 19.6. The molecule has 0 saturated heterocycles. The molecule has 2 rings (SSSR count). The summed E-state index contributed by atoms with van der Waals surface area (Å²) in [5.74, 6) is 2.62. The molecular weight excluding hydrogens is 348 g/mol. The van der Waals surface area contributed by atoms with E-state index < -0.39 is 0 Å². The van der Waals surface area contributed by atoms with E-state index >= 15 is 0 Å². The molecule has 0 heterocycles. The van der Waals surface area contributed by atoms with Crippen LogP contribution in [0.5, 0.6) is 23.0 Å². The van der Waals surface area contributed by atoms with Crippen LogP contribution in [0.1, 0.15) is 12.0 Å². The van der Waals surface area contributed by atoms with Crippen molar-refractivity contribution in [1.82, 2.24) is 5.32 Å². The Morgan fingerprint density at radius 1 is 0.852 bits per heavy atom. The van der Waals surface area contributed by atoms with E-state index in [1.807, 2.05) is 30.3 Å². The quantitative estimate of drug-likeness (QED) is 0.666.